The van der Waals surface area contributed by atoms with Crippen LogP contribution in [0.4, 0.5) is 10.9 Å². The van der Waals surface area contributed by atoms with Crippen LogP contribution in [-0.4, -0.2) is 62.5 Å². The Morgan fingerprint density at radius 1 is 1.13 bits per heavy atom. The summed E-state index contributed by atoms with van der Waals surface area (Å²) in [4.78, 5) is 44.6. The Morgan fingerprint density at radius 2 is 1.90 bits per heavy atom. The molecule has 5 heterocycles. The van der Waals surface area contributed by atoms with Crippen molar-refractivity contribution in [1.82, 2.24) is 19.9 Å². The summed E-state index contributed by atoms with van der Waals surface area (Å²) in [7, 11) is 0. The molecule has 0 aromatic carbocycles. The number of carbonyl (C=O) groups is 2. The van der Waals surface area contributed by atoms with Crippen molar-refractivity contribution in [3.05, 3.63) is 40.0 Å². The van der Waals surface area contributed by atoms with Crippen molar-refractivity contribution in [2.75, 3.05) is 29.9 Å². The van der Waals surface area contributed by atoms with Gasteiger partial charge in [0.1, 0.15) is 11.5 Å². The lowest BCUT2D eigenvalue weighted by Gasteiger charge is -2.30. The molecule has 0 spiro atoms. The summed E-state index contributed by atoms with van der Waals surface area (Å²) in [6.07, 6.45) is 7.81. The van der Waals surface area contributed by atoms with Gasteiger partial charge in [0.05, 0.1) is 28.9 Å². The number of thiophene rings is 1. The van der Waals surface area contributed by atoms with Crippen molar-refractivity contribution in [2.24, 2.45) is 5.92 Å². The van der Waals surface area contributed by atoms with E-state index < -0.39 is 5.97 Å². The van der Waals surface area contributed by atoms with E-state index in [1.165, 1.54) is 40.8 Å². The Bertz CT molecular complexity index is 1250. The molecule has 3 aromatic rings. The summed E-state index contributed by atoms with van der Waals surface area (Å²) in [5.41, 5.74) is 2.38. The van der Waals surface area contributed by atoms with Gasteiger partial charge in [-0.25, -0.2) is 15.0 Å². The summed E-state index contributed by atoms with van der Waals surface area (Å²) < 4.78 is 0. The fraction of sp³-hybridized carbons (Fsp3) is 0.536. The molecule has 2 N–H and O–H groups in total. The molecule has 1 atom stereocenters. The number of nitrogens with one attached hydrogen (secondary N) is 1. The van der Waals surface area contributed by atoms with Crippen LogP contribution in [-0.2, 0) is 11.3 Å². The van der Waals surface area contributed by atoms with Crippen molar-refractivity contribution in [3.8, 4) is 10.6 Å². The highest BCUT2D eigenvalue weighted by atomic mass is 32.1. The predicted octanol–water partition coefficient (Wildman–Crippen LogP) is 5.92. The molecule has 2 fully saturated rings. The summed E-state index contributed by atoms with van der Waals surface area (Å²) in [6, 6.07) is 2.75. The summed E-state index contributed by atoms with van der Waals surface area (Å²) in [5.74, 6) is -0.737. The Kier molecular flexibility index (Phi) is 10.0. The van der Waals surface area contributed by atoms with E-state index in [1.807, 2.05) is 18.7 Å². The quantitative estimate of drug-likeness (QED) is 0.343. The summed E-state index contributed by atoms with van der Waals surface area (Å²) in [6.45, 7) is 11.5. The maximum absolute atomic E-state index is 13.0. The Hall–Kier alpha value is -2.89. The summed E-state index contributed by atoms with van der Waals surface area (Å²) in [5, 5.41) is 14.8. The van der Waals surface area contributed by atoms with Crippen molar-refractivity contribution in [2.45, 2.75) is 72.4 Å². The molecule has 2 aliphatic rings. The number of anilines is 2. The fourth-order valence-corrected chi connectivity index (χ4v) is 7.11. The van der Waals surface area contributed by atoms with Gasteiger partial charge in [-0.05, 0) is 62.6 Å². The van der Waals surface area contributed by atoms with Gasteiger partial charge < -0.3 is 10.0 Å². The van der Waals surface area contributed by atoms with E-state index in [2.05, 4.69) is 45.5 Å². The first-order valence-electron chi connectivity index (χ1n) is 13.8. The lowest BCUT2D eigenvalue weighted by Crippen LogP contribution is -2.36. The average Bonchev–Trinajstić information content (AvgIpc) is 3.70. The van der Waals surface area contributed by atoms with Gasteiger partial charge in [0, 0.05) is 30.6 Å². The van der Waals surface area contributed by atoms with Crippen LogP contribution in [0.3, 0.4) is 0 Å². The van der Waals surface area contributed by atoms with Crippen LogP contribution in [0.2, 0.25) is 0 Å². The van der Waals surface area contributed by atoms with Crippen LogP contribution in [0.1, 0.15) is 73.8 Å². The van der Waals surface area contributed by atoms with Gasteiger partial charge in [0.2, 0.25) is 0 Å². The molecule has 3 aromatic heterocycles. The topological polar surface area (TPSA) is 112 Å². The molecule has 0 aliphatic carbocycles. The molecule has 0 radical (unpaired) electrons. The fourth-order valence-electron chi connectivity index (χ4n) is 5.13. The Morgan fingerprint density at radius 3 is 2.51 bits per heavy atom. The number of piperidine rings is 1. The number of aliphatic carboxylic acids is 1. The number of thiazole rings is 1. The molecule has 2 aliphatic heterocycles. The van der Waals surface area contributed by atoms with Crippen LogP contribution in [0, 0.1) is 12.8 Å². The number of rotatable bonds is 8. The number of carbonyl (C=O) groups excluding carboxylic acids is 1. The van der Waals surface area contributed by atoms with E-state index in [9.17, 15) is 14.7 Å². The highest BCUT2D eigenvalue weighted by molar-refractivity contribution is 7.17. The van der Waals surface area contributed by atoms with E-state index in [1.54, 1.807) is 17.5 Å². The highest BCUT2D eigenvalue weighted by Crippen LogP contribution is 2.37. The van der Waals surface area contributed by atoms with E-state index in [-0.39, 0.29) is 17.5 Å². The van der Waals surface area contributed by atoms with Gasteiger partial charge in [-0.2, -0.15) is 0 Å². The molecule has 11 heteroatoms. The first-order valence-corrected chi connectivity index (χ1v) is 15.5. The van der Waals surface area contributed by atoms with Crippen molar-refractivity contribution in [3.63, 3.8) is 0 Å². The molecule has 2 saturated heterocycles. The van der Waals surface area contributed by atoms with Crippen LogP contribution in [0.25, 0.3) is 10.6 Å². The minimum atomic E-state index is -0.744. The third kappa shape index (κ3) is 7.01. The lowest BCUT2D eigenvalue weighted by atomic mass is 9.97. The number of nitrogens with zero attached hydrogens (tertiary/aromatic N) is 5. The zero-order valence-corrected chi connectivity index (χ0v) is 24.8. The van der Waals surface area contributed by atoms with Gasteiger partial charge in [0.25, 0.3) is 5.91 Å². The molecular formula is C28H38N6O3S2. The molecule has 5 rings (SSSR count). The van der Waals surface area contributed by atoms with Gasteiger partial charge in [0.15, 0.2) is 5.13 Å². The normalized spacial score (nSPS) is 18.1. The van der Waals surface area contributed by atoms with Crippen LogP contribution < -0.4 is 10.2 Å². The number of carboxylic acids is 1. The van der Waals surface area contributed by atoms with Crippen molar-refractivity contribution < 1.29 is 14.7 Å². The van der Waals surface area contributed by atoms with Crippen LogP contribution in [0.15, 0.2) is 23.8 Å². The molecule has 0 bridgehead atoms. The van der Waals surface area contributed by atoms with Crippen molar-refractivity contribution in [1.29, 1.82) is 0 Å². The first kappa shape index (κ1) is 29.1. The van der Waals surface area contributed by atoms with Crippen LogP contribution in [0.5, 0.6) is 0 Å². The van der Waals surface area contributed by atoms with Gasteiger partial charge in [-0.3, -0.25) is 19.8 Å². The van der Waals surface area contributed by atoms with E-state index in [4.69, 9.17) is 4.98 Å². The maximum Gasteiger partial charge on any atom is 0.306 e. The van der Waals surface area contributed by atoms with Gasteiger partial charge >= 0.3 is 5.97 Å². The lowest BCUT2D eigenvalue weighted by molar-refractivity contribution is -0.142. The molecule has 210 valence electrons. The number of likely N-dealkylation sites (tertiary alicyclic amines) is 1. The van der Waals surface area contributed by atoms with Gasteiger partial charge in [-0.1, -0.05) is 32.1 Å². The molecule has 9 nitrogen and oxygen atoms in total. The SMILES string of the molecule is CC.CCC1CCCN1Cc1sc(NC(=O)c2cnc(N3CCC(C(=O)O)CC3)cn2)nc1-c1cc(C)cs1. The molecule has 1 unspecified atom stereocenters. The zero-order chi connectivity index (χ0) is 27.9. The van der Waals surface area contributed by atoms with Crippen molar-refractivity contribution >= 4 is 45.5 Å². The number of aryl methyl sites for hydroxylation is 1. The molecular weight excluding hydrogens is 532 g/mol. The third-order valence-electron chi connectivity index (χ3n) is 7.24. The first-order chi connectivity index (χ1) is 18.9. The van der Waals surface area contributed by atoms with Crippen LogP contribution >= 0.6 is 22.7 Å². The largest absolute Gasteiger partial charge is 0.481 e. The number of amides is 1. The maximum atomic E-state index is 13.0. The van der Waals surface area contributed by atoms with E-state index >= 15 is 0 Å². The number of aromatic nitrogens is 3. The second-order valence-electron chi connectivity index (χ2n) is 9.77. The predicted molar refractivity (Wildman–Crippen MR) is 158 cm³/mol. The highest BCUT2D eigenvalue weighted by Gasteiger charge is 2.27. The minimum absolute atomic E-state index is 0.222. The van der Waals surface area contributed by atoms with E-state index in [0.29, 0.717) is 42.9 Å². The Labute approximate surface area is 238 Å². The Balaban J connectivity index is 0.00000172. The molecule has 0 saturated carbocycles. The molecule has 1 amide bonds. The van der Waals surface area contributed by atoms with E-state index in [0.717, 1.165) is 30.1 Å². The second-order valence-corrected chi connectivity index (χ2v) is 11.8. The number of hydrogen-bond acceptors (Lipinski definition) is 9. The van der Waals surface area contributed by atoms with Gasteiger partial charge in [-0.15, -0.1) is 11.3 Å². The summed E-state index contributed by atoms with van der Waals surface area (Å²) >= 11 is 3.21. The zero-order valence-electron chi connectivity index (χ0n) is 23.1. The standard InChI is InChI=1S/C26H32N6O3S2.C2H6/c1-3-18-5-4-8-32(18)14-21-23(20-11-16(2)15-36-20)29-26(37-21)30-24(33)19-12-28-22(13-27-19)31-9-6-17(7-10-31)25(34)35;1-2/h11-13,15,17-18H,3-10,14H2,1-2H3,(H,34,35)(H,29,30,33);1-2H3. The monoisotopic (exact) mass is 570 g/mol. The minimum Gasteiger partial charge on any atom is -0.481 e. The second kappa shape index (κ2) is 13.5. The smallest absolute Gasteiger partial charge is 0.306 e. The number of hydrogen-bond donors (Lipinski definition) is 2. The molecule has 39 heavy (non-hydrogen) atoms. The number of carboxylic acid groups (broad SMARTS) is 1. The third-order valence-corrected chi connectivity index (χ3v) is 9.25. The average molecular weight is 571 g/mol.